The van der Waals surface area contributed by atoms with E-state index in [0.29, 0.717) is 27.9 Å². The number of pyridine rings is 1. The number of halogens is 2. The standard InChI is InChI=1S/C19H15ClFN3O2/c1-24(16-6-2-4-13(20)8-16)19(25)23-15-10-18(12-22-11-15)26-17-7-3-5-14(21)9-17/h2-12H,1H3,(H,23,25). The zero-order valence-corrected chi connectivity index (χ0v) is 14.6. The highest BCUT2D eigenvalue weighted by Crippen LogP contribution is 2.24. The summed E-state index contributed by atoms with van der Waals surface area (Å²) in [5.41, 5.74) is 1.09. The van der Waals surface area contributed by atoms with Gasteiger partial charge in [-0.3, -0.25) is 9.88 Å². The Kier molecular flexibility index (Phi) is 5.34. The van der Waals surface area contributed by atoms with E-state index in [4.69, 9.17) is 16.3 Å². The minimum atomic E-state index is -0.400. The number of hydrogen-bond acceptors (Lipinski definition) is 3. The molecule has 2 aromatic carbocycles. The van der Waals surface area contributed by atoms with E-state index in [-0.39, 0.29) is 6.03 Å². The van der Waals surface area contributed by atoms with E-state index in [0.717, 1.165) is 0 Å². The van der Waals surface area contributed by atoms with E-state index in [1.165, 1.54) is 29.4 Å². The van der Waals surface area contributed by atoms with Crippen molar-refractivity contribution in [1.82, 2.24) is 4.98 Å². The topological polar surface area (TPSA) is 54.5 Å². The molecule has 132 valence electrons. The molecule has 0 bridgehead atoms. The Morgan fingerprint density at radius 2 is 1.92 bits per heavy atom. The fourth-order valence-corrected chi connectivity index (χ4v) is 2.40. The Hall–Kier alpha value is -3.12. The first kappa shape index (κ1) is 17.7. The molecule has 7 heteroatoms. The van der Waals surface area contributed by atoms with Crippen molar-refractivity contribution < 1.29 is 13.9 Å². The molecule has 0 spiro atoms. The second-order valence-electron chi connectivity index (χ2n) is 5.44. The molecule has 1 N–H and O–H groups in total. The Balaban J connectivity index is 1.71. The van der Waals surface area contributed by atoms with Gasteiger partial charge < -0.3 is 10.1 Å². The third-order valence-corrected chi connectivity index (χ3v) is 3.73. The number of hydrogen-bond donors (Lipinski definition) is 1. The molecule has 3 rings (SSSR count). The van der Waals surface area contributed by atoms with Crippen molar-refractivity contribution in [2.24, 2.45) is 0 Å². The molecule has 0 fully saturated rings. The lowest BCUT2D eigenvalue weighted by Gasteiger charge is -2.18. The van der Waals surface area contributed by atoms with E-state index in [1.807, 2.05) is 0 Å². The number of carbonyl (C=O) groups is 1. The van der Waals surface area contributed by atoms with Crippen LogP contribution in [0.2, 0.25) is 5.02 Å². The van der Waals surface area contributed by atoms with Gasteiger partial charge in [-0.15, -0.1) is 0 Å². The minimum Gasteiger partial charge on any atom is -0.456 e. The van der Waals surface area contributed by atoms with Crippen molar-refractivity contribution >= 4 is 29.0 Å². The van der Waals surface area contributed by atoms with E-state index in [2.05, 4.69) is 10.3 Å². The van der Waals surface area contributed by atoms with Gasteiger partial charge in [0.1, 0.15) is 17.3 Å². The van der Waals surface area contributed by atoms with Gasteiger partial charge in [-0.05, 0) is 30.3 Å². The molecule has 1 heterocycles. The Bertz CT molecular complexity index is 936. The van der Waals surface area contributed by atoms with Crippen molar-refractivity contribution in [1.29, 1.82) is 0 Å². The minimum absolute atomic E-state index is 0.339. The fourth-order valence-electron chi connectivity index (χ4n) is 2.22. The van der Waals surface area contributed by atoms with Gasteiger partial charge in [-0.2, -0.15) is 0 Å². The highest BCUT2D eigenvalue weighted by molar-refractivity contribution is 6.30. The van der Waals surface area contributed by atoms with Gasteiger partial charge in [0.05, 0.1) is 18.1 Å². The quantitative estimate of drug-likeness (QED) is 0.674. The fraction of sp³-hybridized carbons (Fsp3) is 0.0526. The van der Waals surface area contributed by atoms with Crippen LogP contribution in [0.4, 0.5) is 20.6 Å². The molecule has 3 aromatic rings. The predicted molar refractivity (Wildman–Crippen MR) is 99.6 cm³/mol. The van der Waals surface area contributed by atoms with Crippen LogP contribution in [0.1, 0.15) is 0 Å². The van der Waals surface area contributed by atoms with Crippen molar-refractivity contribution in [3.8, 4) is 11.5 Å². The van der Waals surface area contributed by atoms with Gasteiger partial charge in [0.2, 0.25) is 0 Å². The Morgan fingerprint density at radius 3 is 2.69 bits per heavy atom. The highest BCUT2D eigenvalue weighted by Gasteiger charge is 2.12. The van der Waals surface area contributed by atoms with Crippen molar-refractivity contribution in [3.05, 3.63) is 77.8 Å². The molecule has 0 saturated heterocycles. The third-order valence-electron chi connectivity index (χ3n) is 3.50. The van der Waals surface area contributed by atoms with Crippen molar-refractivity contribution in [2.75, 3.05) is 17.3 Å². The number of carbonyl (C=O) groups excluding carboxylic acids is 1. The maximum Gasteiger partial charge on any atom is 0.326 e. The van der Waals surface area contributed by atoms with Gasteiger partial charge in [0.15, 0.2) is 0 Å². The second kappa shape index (κ2) is 7.84. The monoisotopic (exact) mass is 371 g/mol. The number of nitrogens with zero attached hydrogens (tertiary/aromatic N) is 2. The summed E-state index contributed by atoms with van der Waals surface area (Å²) in [5.74, 6) is 0.313. The van der Waals surface area contributed by atoms with Crippen LogP contribution >= 0.6 is 11.6 Å². The van der Waals surface area contributed by atoms with Gasteiger partial charge in [0.25, 0.3) is 0 Å². The molecule has 0 atom stereocenters. The summed E-state index contributed by atoms with van der Waals surface area (Å²) in [6, 6.07) is 13.9. The first-order valence-electron chi connectivity index (χ1n) is 7.70. The molecule has 0 saturated carbocycles. The summed E-state index contributed by atoms with van der Waals surface area (Å²) >= 11 is 5.95. The van der Waals surface area contributed by atoms with Crippen molar-refractivity contribution in [3.63, 3.8) is 0 Å². The van der Waals surface area contributed by atoms with E-state index < -0.39 is 5.82 Å². The van der Waals surface area contributed by atoms with Gasteiger partial charge in [-0.1, -0.05) is 23.7 Å². The van der Waals surface area contributed by atoms with Crippen LogP contribution in [0.5, 0.6) is 11.5 Å². The first-order valence-corrected chi connectivity index (χ1v) is 8.08. The van der Waals surface area contributed by atoms with Gasteiger partial charge in [0, 0.05) is 29.9 Å². The Labute approximate surface area is 155 Å². The third kappa shape index (κ3) is 4.49. The first-order chi connectivity index (χ1) is 12.5. The van der Waals surface area contributed by atoms with Crippen molar-refractivity contribution in [2.45, 2.75) is 0 Å². The zero-order valence-electron chi connectivity index (χ0n) is 13.8. The van der Waals surface area contributed by atoms with E-state index in [1.54, 1.807) is 49.5 Å². The average Bonchev–Trinajstić information content (AvgIpc) is 2.61. The molecule has 0 aliphatic rings. The van der Waals surface area contributed by atoms with Crippen LogP contribution in [0.15, 0.2) is 67.0 Å². The lowest BCUT2D eigenvalue weighted by molar-refractivity contribution is 0.258. The SMILES string of the molecule is CN(C(=O)Nc1cncc(Oc2cccc(F)c2)c1)c1cccc(Cl)c1. The van der Waals surface area contributed by atoms with E-state index >= 15 is 0 Å². The summed E-state index contributed by atoms with van der Waals surface area (Å²) in [7, 11) is 1.63. The maximum absolute atomic E-state index is 13.2. The predicted octanol–water partition coefficient (Wildman–Crippen LogP) is 5.33. The van der Waals surface area contributed by atoms with Gasteiger partial charge in [-0.25, -0.2) is 9.18 Å². The smallest absolute Gasteiger partial charge is 0.326 e. The summed E-state index contributed by atoms with van der Waals surface area (Å²) < 4.78 is 18.8. The summed E-state index contributed by atoms with van der Waals surface area (Å²) in [6.07, 6.45) is 2.96. The summed E-state index contributed by atoms with van der Waals surface area (Å²) in [5, 5.41) is 3.26. The van der Waals surface area contributed by atoms with Gasteiger partial charge >= 0.3 is 6.03 Å². The Morgan fingerprint density at radius 1 is 1.12 bits per heavy atom. The molecular weight excluding hydrogens is 357 g/mol. The van der Waals surface area contributed by atoms with E-state index in [9.17, 15) is 9.18 Å². The average molecular weight is 372 g/mol. The van der Waals surface area contributed by atoms with Crippen LogP contribution in [-0.2, 0) is 0 Å². The number of urea groups is 1. The van der Waals surface area contributed by atoms with Crippen LogP contribution in [0, 0.1) is 5.82 Å². The van der Waals surface area contributed by atoms with Crippen LogP contribution in [0.25, 0.3) is 0 Å². The summed E-state index contributed by atoms with van der Waals surface area (Å²) in [4.78, 5) is 17.8. The molecule has 1 aromatic heterocycles. The number of rotatable bonds is 4. The molecule has 5 nitrogen and oxygen atoms in total. The number of amides is 2. The number of benzene rings is 2. The number of aromatic nitrogens is 1. The van der Waals surface area contributed by atoms with Crippen LogP contribution in [0.3, 0.4) is 0 Å². The largest absolute Gasteiger partial charge is 0.456 e. The second-order valence-corrected chi connectivity index (χ2v) is 5.87. The summed E-state index contributed by atoms with van der Waals surface area (Å²) in [6.45, 7) is 0. The molecule has 0 aliphatic carbocycles. The lowest BCUT2D eigenvalue weighted by atomic mass is 10.3. The number of ether oxygens (including phenoxy) is 1. The van der Waals surface area contributed by atoms with Crippen LogP contribution < -0.4 is 15.0 Å². The maximum atomic E-state index is 13.2. The highest BCUT2D eigenvalue weighted by atomic mass is 35.5. The van der Waals surface area contributed by atoms with Crippen LogP contribution in [-0.4, -0.2) is 18.1 Å². The zero-order chi connectivity index (χ0) is 18.5. The molecule has 0 radical (unpaired) electrons. The number of anilines is 2. The molecule has 0 unspecified atom stereocenters. The molecule has 26 heavy (non-hydrogen) atoms. The molecular formula is C19H15ClFN3O2. The lowest BCUT2D eigenvalue weighted by Crippen LogP contribution is -2.31. The molecule has 0 aliphatic heterocycles. The molecule has 2 amide bonds. The normalized spacial score (nSPS) is 10.3. The number of nitrogens with one attached hydrogen (secondary N) is 1.